The van der Waals surface area contributed by atoms with E-state index in [1.807, 2.05) is 0 Å². The number of hydrogen-bond acceptors (Lipinski definition) is 2. The van der Waals surface area contributed by atoms with E-state index in [2.05, 4.69) is 5.32 Å². The lowest BCUT2D eigenvalue weighted by atomic mass is 9.96. The first kappa shape index (κ1) is 9.80. The summed E-state index contributed by atoms with van der Waals surface area (Å²) in [5.74, 6) is -3.44. The maximum Gasteiger partial charge on any atom is 0.293 e. The van der Waals surface area contributed by atoms with Crippen molar-refractivity contribution >= 4 is 0 Å². The molecule has 1 aliphatic heterocycles. The maximum absolute atomic E-state index is 12.7. The topological polar surface area (TPSA) is 32.3 Å². The predicted octanol–water partition coefficient (Wildman–Crippen LogP) is 0.704. The summed E-state index contributed by atoms with van der Waals surface area (Å²) in [5, 5.41) is 11.5. The molecule has 0 aromatic carbocycles. The van der Waals surface area contributed by atoms with E-state index in [1.54, 1.807) is 0 Å². The summed E-state index contributed by atoms with van der Waals surface area (Å²) in [5.41, 5.74) is 0. The number of piperidine rings is 1. The maximum atomic E-state index is 12.7. The van der Waals surface area contributed by atoms with Gasteiger partial charge in [0.15, 0.2) is 6.67 Å². The van der Waals surface area contributed by atoms with E-state index < -0.39 is 24.7 Å². The highest BCUT2D eigenvalue weighted by molar-refractivity contribution is 4.91. The van der Waals surface area contributed by atoms with Crippen LogP contribution < -0.4 is 5.32 Å². The first-order valence-electron chi connectivity index (χ1n) is 3.93. The molecule has 1 aliphatic rings. The smallest absolute Gasteiger partial charge is 0.293 e. The second-order valence-corrected chi connectivity index (χ2v) is 3.04. The monoisotopic (exact) mass is 183 g/mol. The molecule has 2 N–H and O–H groups in total. The third-order valence-corrected chi connectivity index (χ3v) is 2.06. The molecule has 1 fully saturated rings. The van der Waals surface area contributed by atoms with Crippen LogP contribution in [0.15, 0.2) is 0 Å². The van der Waals surface area contributed by atoms with Crippen molar-refractivity contribution in [2.24, 2.45) is 0 Å². The van der Waals surface area contributed by atoms with Crippen LogP contribution in [0.1, 0.15) is 12.8 Å². The number of halogens is 3. The van der Waals surface area contributed by atoms with Gasteiger partial charge in [0.1, 0.15) is 6.04 Å². The van der Waals surface area contributed by atoms with Crippen molar-refractivity contribution in [3.63, 3.8) is 0 Å². The zero-order valence-electron chi connectivity index (χ0n) is 6.56. The minimum Gasteiger partial charge on any atom is -0.391 e. The fourth-order valence-electron chi connectivity index (χ4n) is 1.39. The van der Waals surface area contributed by atoms with Crippen LogP contribution in [-0.4, -0.2) is 36.4 Å². The second kappa shape index (κ2) is 3.62. The van der Waals surface area contributed by atoms with E-state index in [0.29, 0.717) is 19.4 Å². The van der Waals surface area contributed by atoms with Crippen molar-refractivity contribution in [3.05, 3.63) is 0 Å². The Morgan fingerprint density at radius 2 is 2.17 bits per heavy atom. The summed E-state index contributed by atoms with van der Waals surface area (Å²) in [4.78, 5) is 0. The number of aliphatic hydroxyl groups is 1. The van der Waals surface area contributed by atoms with Gasteiger partial charge in [0.2, 0.25) is 0 Å². The minimum absolute atomic E-state index is 0.313. The average molecular weight is 183 g/mol. The standard InChI is InChI=1S/C7H12F3NO/c8-4-7(9,10)6-5(12)2-1-3-11-6/h5-6,11-12H,1-4H2. The molecule has 0 aliphatic carbocycles. The first-order chi connectivity index (χ1) is 5.58. The van der Waals surface area contributed by atoms with Gasteiger partial charge in [0.05, 0.1) is 6.10 Å². The molecular formula is C7H12F3NO. The Kier molecular flexibility index (Phi) is 2.95. The largest absolute Gasteiger partial charge is 0.391 e. The van der Waals surface area contributed by atoms with Crippen LogP contribution in [0.5, 0.6) is 0 Å². The molecule has 0 bridgehead atoms. The predicted molar refractivity (Wildman–Crippen MR) is 38.0 cm³/mol. The molecule has 1 rings (SSSR count). The number of alkyl halides is 3. The van der Waals surface area contributed by atoms with Gasteiger partial charge in [-0.25, -0.2) is 13.2 Å². The zero-order valence-corrected chi connectivity index (χ0v) is 6.56. The highest BCUT2D eigenvalue weighted by Crippen LogP contribution is 2.25. The Labute approximate surface area is 68.8 Å². The van der Waals surface area contributed by atoms with Gasteiger partial charge in [0, 0.05) is 0 Å². The summed E-state index contributed by atoms with van der Waals surface area (Å²) < 4.78 is 37.2. The van der Waals surface area contributed by atoms with Gasteiger partial charge in [0.25, 0.3) is 5.92 Å². The minimum atomic E-state index is -3.44. The quantitative estimate of drug-likeness (QED) is 0.660. The number of aliphatic hydroxyl groups excluding tert-OH is 1. The van der Waals surface area contributed by atoms with Crippen molar-refractivity contribution in [1.29, 1.82) is 0 Å². The van der Waals surface area contributed by atoms with E-state index in [9.17, 15) is 13.2 Å². The second-order valence-electron chi connectivity index (χ2n) is 3.04. The van der Waals surface area contributed by atoms with Crippen molar-refractivity contribution in [2.45, 2.75) is 30.9 Å². The lowest BCUT2D eigenvalue weighted by molar-refractivity contribution is -0.100. The SMILES string of the molecule is OC1CCCNC1C(F)(F)CF. The van der Waals surface area contributed by atoms with E-state index in [1.165, 1.54) is 0 Å². The Hall–Kier alpha value is -0.290. The van der Waals surface area contributed by atoms with Gasteiger partial charge in [-0.05, 0) is 19.4 Å². The lowest BCUT2D eigenvalue weighted by Gasteiger charge is -2.33. The molecule has 0 radical (unpaired) electrons. The third-order valence-electron chi connectivity index (χ3n) is 2.06. The molecule has 0 aromatic heterocycles. The Morgan fingerprint density at radius 1 is 1.50 bits per heavy atom. The van der Waals surface area contributed by atoms with Crippen LogP contribution in [0.25, 0.3) is 0 Å². The fourth-order valence-corrected chi connectivity index (χ4v) is 1.39. The first-order valence-corrected chi connectivity index (χ1v) is 3.93. The van der Waals surface area contributed by atoms with Crippen LogP contribution in [0, 0.1) is 0 Å². The van der Waals surface area contributed by atoms with Gasteiger partial charge in [-0.3, -0.25) is 0 Å². The fraction of sp³-hybridized carbons (Fsp3) is 1.00. The number of nitrogens with one attached hydrogen (secondary N) is 1. The van der Waals surface area contributed by atoms with Crippen LogP contribution in [0.3, 0.4) is 0 Å². The van der Waals surface area contributed by atoms with Gasteiger partial charge in [-0.2, -0.15) is 0 Å². The van der Waals surface area contributed by atoms with Crippen LogP contribution in [-0.2, 0) is 0 Å². The molecular weight excluding hydrogens is 171 g/mol. The molecule has 2 atom stereocenters. The Balaban J connectivity index is 2.58. The third kappa shape index (κ3) is 1.90. The van der Waals surface area contributed by atoms with E-state index in [4.69, 9.17) is 5.11 Å². The molecule has 2 unspecified atom stereocenters. The Morgan fingerprint density at radius 3 is 2.67 bits per heavy atom. The van der Waals surface area contributed by atoms with Gasteiger partial charge in [-0.15, -0.1) is 0 Å². The zero-order chi connectivity index (χ0) is 9.19. The summed E-state index contributed by atoms with van der Waals surface area (Å²) in [7, 11) is 0. The van der Waals surface area contributed by atoms with Gasteiger partial charge >= 0.3 is 0 Å². The van der Waals surface area contributed by atoms with Crippen molar-refractivity contribution in [3.8, 4) is 0 Å². The highest BCUT2D eigenvalue weighted by atomic mass is 19.3. The van der Waals surface area contributed by atoms with E-state index in [-0.39, 0.29) is 0 Å². The molecule has 0 saturated carbocycles. The number of rotatable bonds is 2. The normalized spacial score (nSPS) is 32.0. The molecule has 5 heteroatoms. The van der Waals surface area contributed by atoms with Crippen molar-refractivity contribution < 1.29 is 18.3 Å². The molecule has 2 nitrogen and oxygen atoms in total. The molecule has 0 amide bonds. The van der Waals surface area contributed by atoms with Crippen molar-refractivity contribution in [1.82, 2.24) is 5.32 Å². The Bertz CT molecular complexity index is 154. The molecule has 12 heavy (non-hydrogen) atoms. The summed E-state index contributed by atoms with van der Waals surface area (Å²) >= 11 is 0. The summed E-state index contributed by atoms with van der Waals surface area (Å²) in [6, 6.07) is -1.42. The van der Waals surface area contributed by atoms with Gasteiger partial charge < -0.3 is 10.4 Å². The molecule has 1 saturated heterocycles. The van der Waals surface area contributed by atoms with Crippen LogP contribution >= 0.6 is 0 Å². The average Bonchev–Trinajstić information content (AvgIpc) is 2.05. The molecule has 0 spiro atoms. The molecule has 0 aromatic rings. The highest BCUT2D eigenvalue weighted by Gasteiger charge is 2.44. The number of hydrogen-bond donors (Lipinski definition) is 2. The molecule has 72 valence electrons. The molecule has 1 heterocycles. The van der Waals surface area contributed by atoms with Crippen molar-refractivity contribution in [2.75, 3.05) is 13.2 Å². The van der Waals surface area contributed by atoms with Gasteiger partial charge in [-0.1, -0.05) is 0 Å². The summed E-state index contributed by atoms with van der Waals surface area (Å²) in [6.45, 7) is -1.31. The van der Waals surface area contributed by atoms with Crippen LogP contribution in [0.2, 0.25) is 0 Å². The van der Waals surface area contributed by atoms with E-state index in [0.717, 1.165) is 0 Å². The summed E-state index contributed by atoms with van der Waals surface area (Å²) in [6.07, 6.45) is -0.169. The lowest BCUT2D eigenvalue weighted by Crippen LogP contribution is -2.56. The van der Waals surface area contributed by atoms with Crippen LogP contribution in [0.4, 0.5) is 13.2 Å². The van der Waals surface area contributed by atoms with E-state index >= 15 is 0 Å².